The molecule has 2 atom stereocenters. The van der Waals surface area contributed by atoms with E-state index < -0.39 is 0 Å². The van der Waals surface area contributed by atoms with Crippen LogP contribution in [-0.4, -0.2) is 38.8 Å². The Bertz CT molecular complexity index is 597. The second-order valence-electron chi connectivity index (χ2n) is 6.84. The van der Waals surface area contributed by atoms with Crippen LogP contribution in [0.5, 0.6) is 0 Å². The van der Waals surface area contributed by atoms with Gasteiger partial charge in [0, 0.05) is 32.7 Å². The summed E-state index contributed by atoms with van der Waals surface area (Å²) in [5.74, 6) is 2.24. The molecule has 1 aromatic heterocycles. The van der Waals surface area contributed by atoms with Gasteiger partial charge in [-0.3, -0.25) is 9.58 Å². The molecule has 0 bridgehead atoms. The van der Waals surface area contributed by atoms with Crippen molar-refractivity contribution in [2.45, 2.75) is 33.0 Å². The number of piperidine rings is 1. The molecule has 1 aliphatic heterocycles. The van der Waals surface area contributed by atoms with Gasteiger partial charge in [-0.2, -0.15) is 5.10 Å². The minimum absolute atomic E-state index is 0.527. The molecular weight excluding hydrogens is 286 g/mol. The van der Waals surface area contributed by atoms with Crippen LogP contribution in [0.3, 0.4) is 0 Å². The molecule has 0 spiro atoms. The fourth-order valence-corrected chi connectivity index (χ4v) is 3.74. The predicted octanol–water partition coefficient (Wildman–Crippen LogP) is 2.06. The van der Waals surface area contributed by atoms with Crippen LogP contribution in [0, 0.1) is 11.8 Å². The molecule has 1 aromatic carbocycles. The highest BCUT2D eigenvalue weighted by Gasteiger charge is 2.31. The van der Waals surface area contributed by atoms with Crippen molar-refractivity contribution < 1.29 is 0 Å². The maximum absolute atomic E-state index is 4.30. The molecule has 0 saturated carbocycles. The molecule has 5 heteroatoms. The summed E-state index contributed by atoms with van der Waals surface area (Å²) in [7, 11) is 1.94. The zero-order valence-electron chi connectivity index (χ0n) is 14.3. The minimum atomic E-state index is 0.527. The largest absolute Gasteiger partial charge is 0.306 e. The summed E-state index contributed by atoms with van der Waals surface area (Å²) in [6, 6.07) is 11.3. The molecule has 2 heterocycles. The van der Waals surface area contributed by atoms with Gasteiger partial charge in [-0.1, -0.05) is 44.2 Å². The van der Waals surface area contributed by atoms with Gasteiger partial charge in [-0.15, -0.1) is 0 Å². The van der Waals surface area contributed by atoms with Gasteiger partial charge >= 0.3 is 0 Å². The fourth-order valence-electron chi connectivity index (χ4n) is 3.74. The molecule has 0 amide bonds. The summed E-state index contributed by atoms with van der Waals surface area (Å²) in [4.78, 5) is 6.87. The van der Waals surface area contributed by atoms with Gasteiger partial charge in [0.25, 0.3) is 0 Å². The SMILES string of the molecule is CC1CN(Cc2ccccc2)CC(C)C1NCc1ncnn1C. The molecule has 2 unspecified atom stereocenters. The molecule has 3 rings (SSSR count). The molecular formula is C18H27N5. The molecule has 2 aromatic rings. The van der Waals surface area contributed by atoms with Crippen molar-refractivity contribution in [2.24, 2.45) is 18.9 Å². The lowest BCUT2D eigenvalue weighted by molar-refractivity contribution is 0.0934. The molecule has 5 nitrogen and oxygen atoms in total. The number of nitrogens with one attached hydrogen (secondary N) is 1. The Morgan fingerprint density at radius 3 is 2.43 bits per heavy atom. The number of aryl methyl sites for hydroxylation is 1. The average molecular weight is 313 g/mol. The lowest BCUT2D eigenvalue weighted by Gasteiger charge is -2.42. The van der Waals surface area contributed by atoms with Crippen LogP contribution in [-0.2, 0) is 20.1 Å². The van der Waals surface area contributed by atoms with Crippen molar-refractivity contribution in [1.82, 2.24) is 25.0 Å². The molecule has 23 heavy (non-hydrogen) atoms. The third-order valence-corrected chi connectivity index (χ3v) is 4.87. The summed E-state index contributed by atoms with van der Waals surface area (Å²) in [5.41, 5.74) is 1.40. The van der Waals surface area contributed by atoms with Gasteiger partial charge in [0.2, 0.25) is 0 Å². The van der Waals surface area contributed by atoms with Crippen LogP contribution in [0.2, 0.25) is 0 Å². The van der Waals surface area contributed by atoms with E-state index in [0.717, 1.165) is 32.0 Å². The molecule has 124 valence electrons. The van der Waals surface area contributed by atoms with Crippen LogP contribution < -0.4 is 5.32 Å². The van der Waals surface area contributed by atoms with E-state index in [-0.39, 0.29) is 0 Å². The van der Waals surface area contributed by atoms with E-state index in [9.17, 15) is 0 Å². The molecule has 1 aliphatic rings. The predicted molar refractivity (Wildman–Crippen MR) is 91.7 cm³/mol. The number of likely N-dealkylation sites (tertiary alicyclic amines) is 1. The highest BCUT2D eigenvalue weighted by atomic mass is 15.3. The van der Waals surface area contributed by atoms with Crippen molar-refractivity contribution in [3.63, 3.8) is 0 Å². The Labute approximate surface area is 138 Å². The number of benzene rings is 1. The van der Waals surface area contributed by atoms with E-state index in [0.29, 0.717) is 17.9 Å². The smallest absolute Gasteiger partial charge is 0.140 e. The van der Waals surface area contributed by atoms with Crippen LogP contribution in [0.25, 0.3) is 0 Å². The lowest BCUT2D eigenvalue weighted by atomic mass is 9.85. The molecule has 1 N–H and O–H groups in total. The molecule has 1 fully saturated rings. The number of nitrogens with zero attached hydrogens (tertiary/aromatic N) is 4. The highest BCUT2D eigenvalue weighted by molar-refractivity contribution is 5.14. The van der Waals surface area contributed by atoms with E-state index in [4.69, 9.17) is 0 Å². The Hall–Kier alpha value is -1.72. The first-order valence-electron chi connectivity index (χ1n) is 8.46. The Kier molecular flexibility index (Phi) is 5.08. The normalized spacial score (nSPS) is 25.6. The summed E-state index contributed by atoms with van der Waals surface area (Å²) in [6.45, 7) is 8.80. The van der Waals surface area contributed by atoms with Gasteiger partial charge in [-0.25, -0.2) is 4.98 Å². The second-order valence-corrected chi connectivity index (χ2v) is 6.84. The topological polar surface area (TPSA) is 46.0 Å². The van der Waals surface area contributed by atoms with Gasteiger partial charge < -0.3 is 5.32 Å². The summed E-state index contributed by atoms with van der Waals surface area (Å²) >= 11 is 0. The fraction of sp³-hybridized carbons (Fsp3) is 0.556. The number of hydrogen-bond acceptors (Lipinski definition) is 4. The Morgan fingerprint density at radius 1 is 1.13 bits per heavy atom. The maximum Gasteiger partial charge on any atom is 0.140 e. The monoisotopic (exact) mass is 313 g/mol. The van der Waals surface area contributed by atoms with E-state index in [1.807, 2.05) is 11.7 Å². The summed E-state index contributed by atoms with van der Waals surface area (Å²) < 4.78 is 1.84. The van der Waals surface area contributed by atoms with E-state index >= 15 is 0 Å². The first-order valence-corrected chi connectivity index (χ1v) is 8.46. The van der Waals surface area contributed by atoms with Gasteiger partial charge in [-0.05, 0) is 17.4 Å². The third kappa shape index (κ3) is 3.98. The number of rotatable bonds is 5. The second kappa shape index (κ2) is 7.23. The highest BCUT2D eigenvalue weighted by Crippen LogP contribution is 2.23. The molecule has 1 saturated heterocycles. The van der Waals surface area contributed by atoms with Gasteiger partial charge in [0.05, 0.1) is 6.54 Å². The minimum Gasteiger partial charge on any atom is -0.306 e. The summed E-state index contributed by atoms with van der Waals surface area (Å²) in [6.07, 6.45) is 1.62. The molecule has 0 radical (unpaired) electrons. The van der Waals surface area contributed by atoms with Crippen molar-refractivity contribution in [2.75, 3.05) is 13.1 Å². The maximum atomic E-state index is 4.30. The number of hydrogen-bond donors (Lipinski definition) is 1. The van der Waals surface area contributed by atoms with E-state index in [2.05, 4.69) is 64.5 Å². The van der Waals surface area contributed by atoms with Crippen LogP contribution >= 0.6 is 0 Å². The lowest BCUT2D eigenvalue weighted by Crippen LogP contribution is -2.53. The zero-order valence-corrected chi connectivity index (χ0v) is 14.3. The zero-order chi connectivity index (χ0) is 16.2. The van der Waals surface area contributed by atoms with Gasteiger partial charge in [0.15, 0.2) is 0 Å². The van der Waals surface area contributed by atoms with E-state index in [1.54, 1.807) is 6.33 Å². The number of aromatic nitrogens is 3. The van der Waals surface area contributed by atoms with Crippen LogP contribution in [0.4, 0.5) is 0 Å². The van der Waals surface area contributed by atoms with Gasteiger partial charge in [0.1, 0.15) is 12.2 Å². The standard InChI is InChI=1S/C18H27N5/c1-14-10-23(12-16-7-5-4-6-8-16)11-15(2)18(14)19-9-17-20-13-21-22(17)3/h4-8,13-15,18-19H,9-12H2,1-3H3. The van der Waals surface area contributed by atoms with Crippen molar-refractivity contribution in [3.8, 4) is 0 Å². The van der Waals surface area contributed by atoms with Crippen LogP contribution in [0.1, 0.15) is 25.2 Å². The first kappa shape index (κ1) is 16.1. The Morgan fingerprint density at radius 2 is 1.83 bits per heavy atom. The van der Waals surface area contributed by atoms with Crippen molar-refractivity contribution >= 4 is 0 Å². The average Bonchev–Trinajstić information content (AvgIpc) is 2.93. The Balaban J connectivity index is 1.55. The van der Waals surface area contributed by atoms with Crippen molar-refractivity contribution in [3.05, 3.63) is 48.0 Å². The van der Waals surface area contributed by atoms with Crippen molar-refractivity contribution in [1.29, 1.82) is 0 Å². The van der Waals surface area contributed by atoms with E-state index in [1.165, 1.54) is 5.56 Å². The molecule has 0 aliphatic carbocycles. The quantitative estimate of drug-likeness (QED) is 0.918. The third-order valence-electron chi connectivity index (χ3n) is 4.87. The van der Waals surface area contributed by atoms with Crippen LogP contribution in [0.15, 0.2) is 36.7 Å². The summed E-state index contributed by atoms with van der Waals surface area (Å²) in [5, 5.41) is 7.83. The first-order chi connectivity index (χ1) is 11.1.